The summed E-state index contributed by atoms with van der Waals surface area (Å²) in [5.74, 6) is -0.294. The van der Waals surface area contributed by atoms with E-state index in [0.717, 1.165) is 0 Å². The van der Waals surface area contributed by atoms with Crippen LogP contribution < -0.4 is 5.32 Å². The van der Waals surface area contributed by atoms with E-state index in [1.165, 1.54) is 6.20 Å². The van der Waals surface area contributed by atoms with E-state index in [-0.39, 0.29) is 28.6 Å². The third-order valence-corrected chi connectivity index (χ3v) is 6.01. The van der Waals surface area contributed by atoms with Gasteiger partial charge in [0, 0.05) is 38.9 Å². The summed E-state index contributed by atoms with van der Waals surface area (Å²) in [6.07, 6.45) is 1.54. The van der Waals surface area contributed by atoms with E-state index in [2.05, 4.69) is 26.2 Å². The van der Waals surface area contributed by atoms with E-state index in [9.17, 15) is 14.4 Å². The zero-order chi connectivity index (χ0) is 22.7. The van der Waals surface area contributed by atoms with Crippen LogP contribution in [0.2, 0.25) is 5.02 Å². The first-order valence-corrected chi connectivity index (χ1v) is 10.8. The third-order valence-electron chi connectivity index (χ3n) is 4.96. The topological polar surface area (TPSA) is 90.8 Å². The largest absolute Gasteiger partial charge is 0.338 e. The monoisotopic (exact) mass is 510 g/mol. The second-order valence-electron chi connectivity index (χ2n) is 7.52. The van der Waals surface area contributed by atoms with Gasteiger partial charge in [0.15, 0.2) is 5.82 Å². The molecule has 0 unspecified atom stereocenters. The quantitative estimate of drug-likeness (QED) is 0.662. The summed E-state index contributed by atoms with van der Waals surface area (Å²) < 4.78 is 2.29. The maximum absolute atomic E-state index is 12.9. The SMILES string of the molecule is CN(C)CC(=O)N1CCN(C(=O)c2ccc(NC(=O)c3ncc(Br)n3C)cc2Cl)CC1. The van der Waals surface area contributed by atoms with Crippen molar-refractivity contribution >= 4 is 50.9 Å². The lowest BCUT2D eigenvalue weighted by Gasteiger charge is -2.35. The first-order valence-electron chi connectivity index (χ1n) is 9.67. The fraction of sp³-hybridized carbons (Fsp3) is 0.400. The van der Waals surface area contributed by atoms with Crippen molar-refractivity contribution in [2.24, 2.45) is 7.05 Å². The molecule has 0 saturated carbocycles. The average Bonchev–Trinajstić information content (AvgIpc) is 3.06. The Balaban J connectivity index is 1.62. The molecule has 1 N–H and O–H groups in total. The second kappa shape index (κ2) is 9.80. The van der Waals surface area contributed by atoms with Gasteiger partial charge in [-0.05, 0) is 48.2 Å². The van der Waals surface area contributed by atoms with Crippen LogP contribution in [-0.2, 0) is 11.8 Å². The number of halogens is 2. The van der Waals surface area contributed by atoms with E-state index >= 15 is 0 Å². The van der Waals surface area contributed by atoms with Gasteiger partial charge in [-0.3, -0.25) is 14.4 Å². The number of nitrogens with zero attached hydrogens (tertiary/aromatic N) is 5. The molecule has 31 heavy (non-hydrogen) atoms. The molecule has 11 heteroatoms. The molecule has 166 valence electrons. The lowest BCUT2D eigenvalue weighted by atomic mass is 10.1. The highest BCUT2D eigenvalue weighted by Crippen LogP contribution is 2.24. The fourth-order valence-electron chi connectivity index (χ4n) is 3.25. The number of piperazine rings is 1. The van der Waals surface area contributed by atoms with E-state index in [0.29, 0.717) is 48.6 Å². The predicted octanol–water partition coefficient (Wildman–Crippen LogP) is 1.93. The number of imidazole rings is 1. The van der Waals surface area contributed by atoms with Crippen LogP contribution in [0.15, 0.2) is 29.0 Å². The standard InChI is InChI=1S/C20H24BrClN6O3/c1-25(2)12-17(29)27-6-8-28(9-7-27)20(31)14-5-4-13(10-15(14)22)24-19(30)18-23-11-16(21)26(18)3/h4-5,10-11H,6-9,12H2,1-3H3,(H,24,30). The van der Waals surface area contributed by atoms with Crippen LogP contribution in [0.5, 0.6) is 0 Å². The molecule has 2 heterocycles. The molecule has 2 aromatic rings. The lowest BCUT2D eigenvalue weighted by Crippen LogP contribution is -2.52. The number of hydrogen-bond acceptors (Lipinski definition) is 5. The number of hydrogen-bond donors (Lipinski definition) is 1. The number of carbonyl (C=O) groups is 3. The molecule has 1 aromatic carbocycles. The smallest absolute Gasteiger partial charge is 0.291 e. The van der Waals surface area contributed by atoms with Crippen molar-refractivity contribution < 1.29 is 14.4 Å². The Morgan fingerprint density at radius 3 is 2.35 bits per heavy atom. The van der Waals surface area contributed by atoms with Gasteiger partial charge in [-0.15, -0.1) is 0 Å². The van der Waals surface area contributed by atoms with Crippen LogP contribution in [0.4, 0.5) is 5.69 Å². The molecule has 9 nitrogen and oxygen atoms in total. The van der Waals surface area contributed by atoms with Gasteiger partial charge < -0.3 is 24.6 Å². The fourth-order valence-corrected chi connectivity index (χ4v) is 3.78. The van der Waals surface area contributed by atoms with Crippen molar-refractivity contribution in [2.75, 3.05) is 52.1 Å². The van der Waals surface area contributed by atoms with Crippen molar-refractivity contribution in [1.82, 2.24) is 24.3 Å². The molecule has 3 amide bonds. The Hall–Kier alpha value is -2.43. The predicted molar refractivity (Wildman–Crippen MR) is 121 cm³/mol. The van der Waals surface area contributed by atoms with E-state index in [4.69, 9.17) is 11.6 Å². The van der Waals surface area contributed by atoms with Crippen molar-refractivity contribution in [2.45, 2.75) is 0 Å². The molecule has 1 fully saturated rings. The number of nitrogens with one attached hydrogen (secondary N) is 1. The Kier molecular flexibility index (Phi) is 7.34. The first-order chi connectivity index (χ1) is 14.7. The van der Waals surface area contributed by atoms with Crippen molar-refractivity contribution in [3.8, 4) is 0 Å². The summed E-state index contributed by atoms with van der Waals surface area (Å²) in [6.45, 7) is 2.22. The molecule has 0 atom stereocenters. The van der Waals surface area contributed by atoms with Crippen LogP contribution in [0.1, 0.15) is 21.0 Å². The molecular formula is C20H24BrClN6O3. The van der Waals surface area contributed by atoms with Gasteiger partial charge in [0.25, 0.3) is 11.8 Å². The zero-order valence-corrected chi connectivity index (χ0v) is 19.9. The van der Waals surface area contributed by atoms with Crippen molar-refractivity contribution in [1.29, 1.82) is 0 Å². The molecule has 1 saturated heterocycles. The van der Waals surface area contributed by atoms with Crippen molar-refractivity contribution in [3.63, 3.8) is 0 Å². The molecule has 0 aliphatic carbocycles. The van der Waals surface area contributed by atoms with Gasteiger partial charge in [-0.1, -0.05) is 11.6 Å². The van der Waals surface area contributed by atoms with Gasteiger partial charge >= 0.3 is 0 Å². The molecule has 0 spiro atoms. The van der Waals surface area contributed by atoms with Gasteiger partial charge in [0.1, 0.15) is 4.60 Å². The Labute approximate surface area is 194 Å². The van der Waals surface area contributed by atoms with E-state index in [1.54, 1.807) is 39.6 Å². The minimum absolute atomic E-state index is 0.0509. The van der Waals surface area contributed by atoms with Crippen LogP contribution in [0.3, 0.4) is 0 Å². The Morgan fingerprint density at radius 1 is 1.16 bits per heavy atom. The molecule has 1 aromatic heterocycles. The Bertz CT molecular complexity index is 1000. The molecule has 1 aliphatic rings. The molecule has 1 aliphatic heterocycles. The normalized spacial score (nSPS) is 14.1. The highest BCUT2D eigenvalue weighted by molar-refractivity contribution is 9.10. The minimum atomic E-state index is -0.387. The molecular weight excluding hydrogens is 488 g/mol. The van der Waals surface area contributed by atoms with Gasteiger partial charge in [-0.25, -0.2) is 4.98 Å². The molecule has 0 bridgehead atoms. The van der Waals surface area contributed by atoms with Gasteiger partial charge in [-0.2, -0.15) is 0 Å². The molecule has 0 radical (unpaired) electrons. The van der Waals surface area contributed by atoms with E-state index < -0.39 is 0 Å². The maximum atomic E-state index is 12.9. The summed E-state index contributed by atoms with van der Waals surface area (Å²) >= 11 is 9.65. The minimum Gasteiger partial charge on any atom is -0.338 e. The first kappa shape index (κ1) is 23.2. The number of amides is 3. The van der Waals surface area contributed by atoms with Gasteiger partial charge in [0.05, 0.1) is 23.3 Å². The number of benzene rings is 1. The van der Waals surface area contributed by atoms with E-state index in [1.807, 2.05) is 19.0 Å². The van der Waals surface area contributed by atoms with Crippen LogP contribution in [-0.4, -0.2) is 88.8 Å². The number of aromatic nitrogens is 2. The van der Waals surface area contributed by atoms with Crippen molar-refractivity contribution in [3.05, 3.63) is 45.4 Å². The summed E-state index contributed by atoms with van der Waals surface area (Å²) in [5, 5.41) is 2.98. The average molecular weight is 512 g/mol. The summed E-state index contributed by atoms with van der Waals surface area (Å²) in [4.78, 5) is 46.8. The number of carbonyl (C=O) groups excluding carboxylic acids is 3. The Morgan fingerprint density at radius 2 is 1.81 bits per heavy atom. The highest BCUT2D eigenvalue weighted by atomic mass is 79.9. The van der Waals surface area contributed by atoms with Crippen LogP contribution in [0, 0.1) is 0 Å². The molecule has 3 rings (SSSR count). The van der Waals surface area contributed by atoms with Gasteiger partial charge in [0.2, 0.25) is 5.91 Å². The van der Waals surface area contributed by atoms with Crippen LogP contribution >= 0.6 is 27.5 Å². The number of anilines is 1. The zero-order valence-electron chi connectivity index (χ0n) is 17.6. The summed E-state index contributed by atoms with van der Waals surface area (Å²) in [6, 6.07) is 4.77. The maximum Gasteiger partial charge on any atom is 0.291 e. The number of likely N-dealkylation sites (N-methyl/N-ethyl adjacent to an activating group) is 1. The summed E-state index contributed by atoms with van der Waals surface area (Å²) in [5.41, 5.74) is 0.817. The summed E-state index contributed by atoms with van der Waals surface area (Å²) in [7, 11) is 5.41. The second-order valence-corrected chi connectivity index (χ2v) is 8.74. The lowest BCUT2D eigenvalue weighted by molar-refractivity contribution is -0.133. The van der Waals surface area contributed by atoms with Crippen LogP contribution in [0.25, 0.3) is 0 Å². The third kappa shape index (κ3) is 5.44. The number of rotatable bonds is 5. The highest BCUT2D eigenvalue weighted by Gasteiger charge is 2.26.